The molecule has 0 atom stereocenters. The number of aryl methyl sites for hydroxylation is 1. The highest BCUT2D eigenvalue weighted by atomic mass is 35.5. The predicted octanol–water partition coefficient (Wildman–Crippen LogP) is 6.41. The molecule has 2 heterocycles. The van der Waals surface area contributed by atoms with Gasteiger partial charge in [0, 0.05) is 41.3 Å². The molecule has 0 saturated carbocycles. The normalized spacial score (nSPS) is 14.9. The maximum Gasteiger partial charge on any atom is 0.0730 e. The number of para-hydroxylation sites is 1. The molecule has 0 radical (unpaired) electrons. The molecule has 4 rings (SSSR count). The Labute approximate surface area is 193 Å². The van der Waals surface area contributed by atoms with E-state index in [0.29, 0.717) is 6.04 Å². The van der Waals surface area contributed by atoms with E-state index >= 15 is 0 Å². The van der Waals surface area contributed by atoms with Crippen molar-refractivity contribution in [2.75, 3.05) is 18.0 Å². The van der Waals surface area contributed by atoms with E-state index in [1.54, 1.807) is 0 Å². The Morgan fingerprint density at radius 2 is 1.57 bits per heavy atom. The Kier molecular flexibility index (Phi) is 8.15. The van der Waals surface area contributed by atoms with Crippen molar-refractivity contribution in [1.29, 1.82) is 0 Å². The largest absolute Gasteiger partial charge is 0.371 e. The van der Waals surface area contributed by atoms with E-state index in [2.05, 4.69) is 92.5 Å². The second-order valence-electron chi connectivity index (χ2n) is 9.07. The molecule has 3 nitrogen and oxygen atoms in total. The van der Waals surface area contributed by atoms with Gasteiger partial charge in [0.15, 0.2) is 0 Å². The molecule has 1 aliphatic heterocycles. The molecule has 0 amide bonds. The lowest BCUT2D eigenvalue weighted by atomic mass is 9.98. The maximum absolute atomic E-state index is 4.96. The van der Waals surface area contributed by atoms with E-state index in [9.17, 15) is 0 Å². The minimum absolute atomic E-state index is 0. The molecule has 3 aromatic rings. The smallest absolute Gasteiger partial charge is 0.0730 e. The van der Waals surface area contributed by atoms with Gasteiger partial charge in [-0.1, -0.05) is 48.0 Å². The summed E-state index contributed by atoms with van der Waals surface area (Å²) in [7, 11) is 0. The standard InChI is InChI=1S/C25H31N3.2ClH/c1-18-9-11-19(12-10-18)23-17-24(21-7-5-6-8-22(21)26-23)28-15-13-20(14-16-28)27-25(2,3)4;;/h5-12,17,20,27H,13-16H2,1-4H3;2*1H. The minimum atomic E-state index is 0. The molecule has 0 aliphatic carbocycles. The molecule has 1 aromatic heterocycles. The summed E-state index contributed by atoms with van der Waals surface area (Å²) in [5.74, 6) is 0. The van der Waals surface area contributed by atoms with Crippen LogP contribution in [-0.4, -0.2) is 29.7 Å². The van der Waals surface area contributed by atoms with Crippen LogP contribution in [0.2, 0.25) is 0 Å². The van der Waals surface area contributed by atoms with Crippen LogP contribution in [0.1, 0.15) is 39.2 Å². The van der Waals surface area contributed by atoms with E-state index < -0.39 is 0 Å². The lowest BCUT2D eigenvalue weighted by Gasteiger charge is -2.37. The first-order valence-corrected chi connectivity index (χ1v) is 10.4. The molecule has 2 aromatic carbocycles. The summed E-state index contributed by atoms with van der Waals surface area (Å²) in [4.78, 5) is 7.50. The Bertz CT molecular complexity index is 956. The van der Waals surface area contributed by atoms with Crippen LogP contribution in [0.4, 0.5) is 5.69 Å². The van der Waals surface area contributed by atoms with Gasteiger partial charge in [0.2, 0.25) is 0 Å². The van der Waals surface area contributed by atoms with Gasteiger partial charge >= 0.3 is 0 Å². The number of anilines is 1. The van der Waals surface area contributed by atoms with Gasteiger partial charge in [-0.05, 0) is 52.7 Å². The number of nitrogens with one attached hydrogen (secondary N) is 1. The topological polar surface area (TPSA) is 28.2 Å². The van der Waals surface area contributed by atoms with Crippen molar-refractivity contribution in [2.45, 2.75) is 52.1 Å². The Balaban J connectivity index is 0.00000160. The van der Waals surface area contributed by atoms with E-state index in [-0.39, 0.29) is 30.4 Å². The molecule has 1 N–H and O–H groups in total. The van der Waals surface area contributed by atoms with E-state index in [1.165, 1.54) is 35.0 Å². The fraction of sp³-hybridized carbons (Fsp3) is 0.400. The van der Waals surface area contributed by atoms with Gasteiger partial charge in [-0.15, -0.1) is 24.8 Å². The van der Waals surface area contributed by atoms with Gasteiger partial charge in [0.05, 0.1) is 11.2 Å². The van der Waals surface area contributed by atoms with Crippen molar-refractivity contribution in [3.05, 3.63) is 60.2 Å². The highest BCUT2D eigenvalue weighted by Crippen LogP contribution is 2.32. The van der Waals surface area contributed by atoms with E-state index in [4.69, 9.17) is 4.98 Å². The number of nitrogens with zero attached hydrogens (tertiary/aromatic N) is 2. The first kappa shape index (κ1) is 24.5. The maximum atomic E-state index is 4.96. The third kappa shape index (κ3) is 5.66. The predicted molar refractivity (Wildman–Crippen MR) is 135 cm³/mol. The van der Waals surface area contributed by atoms with Crippen LogP contribution in [-0.2, 0) is 0 Å². The average Bonchev–Trinajstić information content (AvgIpc) is 2.67. The summed E-state index contributed by atoms with van der Waals surface area (Å²) in [6.07, 6.45) is 2.35. The van der Waals surface area contributed by atoms with Crippen LogP contribution in [0.3, 0.4) is 0 Å². The van der Waals surface area contributed by atoms with Crippen molar-refractivity contribution in [3.63, 3.8) is 0 Å². The number of fused-ring (bicyclic) bond motifs is 1. The number of piperidine rings is 1. The van der Waals surface area contributed by atoms with Crippen molar-refractivity contribution in [2.24, 2.45) is 0 Å². The zero-order valence-electron chi connectivity index (χ0n) is 18.3. The van der Waals surface area contributed by atoms with Crippen LogP contribution in [0, 0.1) is 6.92 Å². The van der Waals surface area contributed by atoms with Crippen LogP contribution >= 0.6 is 24.8 Å². The fourth-order valence-corrected chi connectivity index (χ4v) is 4.17. The lowest BCUT2D eigenvalue weighted by molar-refractivity contribution is 0.317. The fourth-order valence-electron chi connectivity index (χ4n) is 4.17. The van der Waals surface area contributed by atoms with Crippen molar-refractivity contribution < 1.29 is 0 Å². The molecule has 1 fully saturated rings. The quantitative estimate of drug-likeness (QED) is 0.504. The number of aromatic nitrogens is 1. The molecular formula is C25H33Cl2N3. The summed E-state index contributed by atoms with van der Waals surface area (Å²) < 4.78 is 0. The van der Waals surface area contributed by atoms with Gasteiger partial charge in [-0.3, -0.25) is 0 Å². The van der Waals surface area contributed by atoms with Gasteiger partial charge in [-0.25, -0.2) is 4.98 Å². The van der Waals surface area contributed by atoms with Crippen LogP contribution < -0.4 is 10.2 Å². The van der Waals surface area contributed by atoms with Crippen LogP contribution in [0.15, 0.2) is 54.6 Å². The van der Waals surface area contributed by atoms with Crippen LogP contribution in [0.25, 0.3) is 22.2 Å². The zero-order valence-corrected chi connectivity index (χ0v) is 19.9. The number of hydrogen-bond donors (Lipinski definition) is 1. The minimum Gasteiger partial charge on any atom is -0.371 e. The second-order valence-corrected chi connectivity index (χ2v) is 9.07. The number of pyridine rings is 1. The molecule has 0 spiro atoms. The Hall–Kier alpha value is -1.81. The molecular weight excluding hydrogens is 413 g/mol. The summed E-state index contributed by atoms with van der Waals surface area (Å²) in [5.41, 5.74) is 6.08. The molecule has 0 unspecified atom stereocenters. The lowest BCUT2D eigenvalue weighted by Crippen LogP contribution is -2.49. The Morgan fingerprint density at radius 1 is 0.933 bits per heavy atom. The van der Waals surface area contributed by atoms with E-state index in [0.717, 1.165) is 24.3 Å². The van der Waals surface area contributed by atoms with Gasteiger partial charge in [-0.2, -0.15) is 0 Å². The van der Waals surface area contributed by atoms with Crippen molar-refractivity contribution in [3.8, 4) is 11.3 Å². The Morgan fingerprint density at radius 3 is 2.20 bits per heavy atom. The highest BCUT2D eigenvalue weighted by Gasteiger charge is 2.24. The average molecular weight is 446 g/mol. The third-order valence-electron chi connectivity index (χ3n) is 5.51. The number of rotatable bonds is 3. The molecule has 162 valence electrons. The molecule has 0 bridgehead atoms. The van der Waals surface area contributed by atoms with Crippen LogP contribution in [0.5, 0.6) is 0 Å². The molecule has 5 heteroatoms. The second kappa shape index (κ2) is 10.00. The zero-order chi connectivity index (χ0) is 19.7. The first-order chi connectivity index (χ1) is 13.4. The number of halogens is 2. The van der Waals surface area contributed by atoms with Gasteiger partial charge in [0.1, 0.15) is 0 Å². The van der Waals surface area contributed by atoms with E-state index in [1.807, 2.05) is 0 Å². The monoisotopic (exact) mass is 445 g/mol. The number of hydrogen-bond acceptors (Lipinski definition) is 3. The third-order valence-corrected chi connectivity index (χ3v) is 5.51. The van der Waals surface area contributed by atoms with Crippen molar-refractivity contribution >= 4 is 41.4 Å². The summed E-state index contributed by atoms with van der Waals surface area (Å²) in [6, 6.07) is 20.1. The SMILES string of the molecule is Cc1ccc(-c2cc(N3CCC(NC(C)(C)C)CC3)c3ccccc3n2)cc1.Cl.Cl. The number of benzene rings is 2. The summed E-state index contributed by atoms with van der Waals surface area (Å²) in [6.45, 7) is 11.0. The summed E-state index contributed by atoms with van der Waals surface area (Å²) >= 11 is 0. The molecule has 30 heavy (non-hydrogen) atoms. The van der Waals surface area contributed by atoms with Gasteiger partial charge < -0.3 is 10.2 Å². The first-order valence-electron chi connectivity index (χ1n) is 10.4. The van der Waals surface area contributed by atoms with Crippen molar-refractivity contribution in [1.82, 2.24) is 10.3 Å². The summed E-state index contributed by atoms with van der Waals surface area (Å²) in [5, 5.41) is 5.02. The molecule has 1 saturated heterocycles. The molecule has 1 aliphatic rings. The highest BCUT2D eigenvalue weighted by molar-refractivity contribution is 5.94. The van der Waals surface area contributed by atoms with Gasteiger partial charge in [0.25, 0.3) is 0 Å².